The summed E-state index contributed by atoms with van der Waals surface area (Å²) in [6.07, 6.45) is 0. The van der Waals surface area contributed by atoms with Crippen molar-refractivity contribution >= 4 is 40.5 Å². The van der Waals surface area contributed by atoms with Gasteiger partial charge in [0.1, 0.15) is 5.01 Å². The molecule has 0 fully saturated rings. The highest BCUT2D eigenvalue weighted by Gasteiger charge is 1.99. The van der Waals surface area contributed by atoms with Crippen LogP contribution in [0.3, 0.4) is 0 Å². The number of aliphatic imine (C=N–C) groups is 1. The Balaban J connectivity index is 2.28. The minimum atomic E-state index is 0.701. The Kier molecular flexibility index (Phi) is 4.39. The van der Waals surface area contributed by atoms with E-state index in [-0.39, 0.29) is 0 Å². The van der Waals surface area contributed by atoms with Crippen molar-refractivity contribution in [2.45, 2.75) is 11.3 Å². The molecule has 12 heavy (non-hydrogen) atoms. The number of isothiocyanates is 1. The molecule has 1 aromatic heterocycles. The maximum atomic E-state index is 4.43. The van der Waals surface area contributed by atoms with E-state index in [0.717, 1.165) is 15.1 Å². The van der Waals surface area contributed by atoms with Gasteiger partial charge in [0.25, 0.3) is 0 Å². The van der Waals surface area contributed by atoms with Crippen molar-refractivity contribution in [1.82, 2.24) is 10.2 Å². The van der Waals surface area contributed by atoms with E-state index in [2.05, 4.69) is 32.6 Å². The lowest BCUT2D eigenvalue weighted by Gasteiger charge is -1.88. The van der Waals surface area contributed by atoms with Crippen molar-refractivity contribution in [3.63, 3.8) is 0 Å². The summed E-state index contributed by atoms with van der Waals surface area (Å²) < 4.78 is 0.993. The van der Waals surface area contributed by atoms with Gasteiger partial charge < -0.3 is 0 Å². The molecule has 0 atom stereocenters. The first-order chi connectivity index (χ1) is 5.83. The molecule has 0 N–H and O–H groups in total. The summed E-state index contributed by atoms with van der Waals surface area (Å²) in [6.45, 7) is 2.64. The van der Waals surface area contributed by atoms with E-state index in [0.29, 0.717) is 6.54 Å². The maximum absolute atomic E-state index is 4.43. The Hall–Kier alpha value is -0.290. The zero-order valence-corrected chi connectivity index (χ0v) is 8.93. The van der Waals surface area contributed by atoms with Crippen LogP contribution in [0.4, 0.5) is 0 Å². The summed E-state index contributed by atoms with van der Waals surface area (Å²) in [5.41, 5.74) is 0. The smallest absolute Gasteiger partial charge is 0.174 e. The lowest BCUT2D eigenvalue weighted by molar-refractivity contribution is 0.982. The minimum absolute atomic E-state index is 0.701. The van der Waals surface area contributed by atoms with Crippen LogP contribution in [0.1, 0.15) is 5.01 Å². The lowest BCUT2D eigenvalue weighted by atomic mass is 10.8. The van der Waals surface area contributed by atoms with Gasteiger partial charge in [-0.1, -0.05) is 23.1 Å². The van der Waals surface area contributed by atoms with Crippen LogP contribution in [0.15, 0.2) is 9.33 Å². The van der Waals surface area contributed by atoms with Crippen LogP contribution in [0, 0.1) is 6.92 Å². The average molecular weight is 217 g/mol. The number of hydrogen-bond donors (Lipinski definition) is 0. The van der Waals surface area contributed by atoms with Crippen molar-refractivity contribution in [2.75, 3.05) is 12.3 Å². The van der Waals surface area contributed by atoms with Crippen molar-refractivity contribution in [1.29, 1.82) is 0 Å². The third-order valence-electron chi connectivity index (χ3n) is 1.00. The molecular weight excluding hydrogens is 210 g/mol. The highest BCUT2D eigenvalue weighted by atomic mass is 32.2. The number of aryl methyl sites for hydroxylation is 1. The fourth-order valence-corrected chi connectivity index (χ4v) is 2.37. The first kappa shape index (κ1) is 9.80. The van der Waals surface area contributed by atoms with Gasteiger partial charge in [-0.3, -0.25) is 0 Å². The van der Waals surface area contributed by atoms with Crippen molar-refractivity contribution < 1.29 is 0 Å². The van der Waals surface area contributed by atoms with Crippen LogP contribution in [-0.4, -0.2) is 27.7 Å². The van der Waals surface area contributed by atoms with E-state index in [1.165, 1.54) is 0 Å². The van der Waals surface area contributed by atoms with Gasteiger partial charge in [-0.25, -0.2) is 4.99 Å². The van der Waals surface area contributed by atoms with Crippen LogP contribution in [-0.2, 0) is 0 Å². The monoisotopic (exact) mass is 217 g/mol. The molecule has 1 rings (SSSR count). The minimum Gasteiger partial charge on any atom is -0.232 e. The van der Waals surface area contributed by atoms with Crippen LogP contribution in [0.25, 0.3) is 0 Å². The Morgan fingerprint density at radius 3 is 3.08 bits per heavy atom. The van der Waals surface area contributed by atoms with Gasteiger partial charge in [-0.15, -0.1) is 10.2 Å². The molecule has 0 saturated heterocycles. The van der Waals surface area contributed by atoms with Gasteiger partial charge >= 0.3 is 0 Å². The molecule has 3 nitrogen and oxygen atoms in total. The summed E-state index contributed by atoms with van der Waals surface area (Å²) in [6, 6.07) is 0. The number of rotatable bonds is 4. The van der Waals surface area contributed by atoms with Gasteiger partial charge in [0.05, 0.1) is 11.7 Å². The van der Waals surface area contributed by atoms with E-state index in [1.54, 1.807) is 23.1 Å². The Morgan fingerprint density at radius 2 is 2.50 bits per heavy atom. The predicted octanol–water partition coefficient (Wildman–Crippen LogP) is 2.04. The van der Waals surface area contributed by atoms with E-state index in [4.69, 9.17) is 0 Å². The predicted molar refractivity (Wildman–Crippen MR) is 55.3 cm³/mol. The van der Waals surface area contributed by atoms with Crippen LogP contribution >= 0.6 is 35.3 Å². The van der Waals surface area contributed by atoms with Crippen molar-refractivity contribution in [3.05, 3.63) is 5.01 Å². The molecule has 1 aromatic rings. The van der Waals surface area contributed by atoms with E-state index >= 15 is 0 Å². The normalized spacial score (nSPS) is 9.42. The van der Waals surface area contributed by atoms with Gasteiger partial charge in [0, 0.05) is 5.75 Å². The van der Waals surface area contributed by atoms with E-state index in [1.807, 2.05) is 6.92 Å². The molecule has 0 spiro atoms. The largest absolute Gasteiger partial charge is 0.232 e. The fourth-order valence-electron chi connectivity index (χ4n) is 0.561. The molecule has 0 bridgehead atoms. The second kappa shape index (κ2) is 5.37. The van der Waals surface area contributed by atoms with Gasteiger partial charge in [0.15, 0.2) is 4.34 Å². The number of thiocarbonyl (C=S) groups is 1. The molecule has 0 aromatic carbocycles. The van der Waals surface area contributed by atoms with Gasteiger partial charge in [0.2, 0.25) is 0 Å². The third-order valence-corrected chi connectivity index (χ3v) is 3.08. The van der Waals surface area contributed by atoms with E-state index in [9.17, 15) is 0 Å². The molecular formula is C6H7N3S3. The Bertz CT molecular complexity index is 290. The summed E-state index contributed by atoms with van der Waals surface area (Å²) in [7, 11) is 0. The molecule has 0 aliphatic carbocycles. The number of thioether (sulfide) groups is 1. The highest BCUT2D eigenvalue weighted by molar-refractivity contribution is 8.01. The summed E-state index contributed by atoms with van der Waals surface area (Å²) in [5, 5.41) is 11.2. The molecule has 0 aliphatic rings. The highest BCUT2D eigenvalue weighted by Crippen LogP contribution is 2.21. The van der Waals surface area contributed by atoms with Crippen molar-refractivity contribution in [3.8, 4) is 0 Å². The quantitative estimate of drug-likeness (QED) is 0.335. The van der Waals surface area contributed by atoms with Crippen molar-refractivity contribution in [2.24, 2.45) is 4.99 Å². The maximum Gasteiger partial charge on any atom is 0.174 e. The molecule has 0 aliphatic heterocycles. The summed E-state index contributed by atoms with van der Waals surface area (Å²) >= 11 is 7.68. The Morgan fingerprint density at radius 1 is 1.67 bits per heavy atom. The molecule has 0 saturated carbocycles. The first-order valence-electron chi connectivity index (χ1n) is 3.29. The SMILES string of the molecule is Cc1nnc(SCCN=C=S)s1. The van der Waals surface area contributed by atoms with Gasteiger partial charge in [-0.2, -0.15) is 0 Å². The second-order valence-electron chi connectivity index (χ2n) is 1.91. The topological polar surface area (TPSA) is 38.1 Å². The molecule has 6 heteroatoms. The van der Waals surface area contributed by atoms with Crippen LogP contribution in [0.2, 0.25) is 0 Å². The second-order valence-corrected chi connectivity index (χ2v) is 4.61. The van der Waals surface area contributed by atoms with Crippen LogP contribution < -0.4 is 0 Å². The van der Waals surface area contributed by atoms with E-state index < -0.39 is 0 Å². The standard InChI is InChI=1S/C6H7N3S3/c1-5-8-9-6(12-5)11-3-2-7-4-10/h2-3H2,1H3. The zero-order chi connectivity index (χ0) is 8.81. The number of hydrogen-bond acceptors (Lipinski definition) is 6. The lowest BCUT2D eigenvalue weighted by Crippen LogP contribution is -1.83. The van der Waals surface area contributed by atoms with Gasteiger partial charge in [-0.05, 0) is 19.1 Å². The first-order valence-corrected chi connectivity index (χ1v) is 5.50. The third kappa shape index (κ3) is 3.40. The zero-order valence-electron chi connectivity index (χ0n) is 6.48. The molecule has 1 heterocycles. The fraction of sp³-hybridized carbons (Fsp3) is 0.500. The number of aromatic nitrogens is 2. The summed E-state index contributed by atoms with van der Waals surface area (Å²) in [5.74, 6) is 0.887. The molecule has 64 valence electrons. The summed E-state index contributed by atoms with van der Waals surface area (Å²) in [4.78, 5) is 3.79. The molecule has 0 unspecified atom stereocenters. The molecule has 0 amide bonds. The average Bonchev–Trinajstić information content (AvgIpc) is 2.45. The van der Waals surface area contributed by atoms with Crippen LogP contribution in [0.5, 0.6) is 0 Å². The molecule has 0 radical (unpaired) electrons. The number of nitrogens with zero attached hydrogens (tertiary/aromatic N) is 3. The Labute approximate surface area is 84.3 Å².